The lowest BCUT2D eigenvalue weighted by molar-refractivity contribution is -0.150. The van der Waals surface area contributed by atoms with Crippen molar-refractivity contribution in [2.75, 3.05) is 0 Å². The SMILES string of the molecule is CC(=O)O[C@@H]([C@@H](O)[C@H](O)c1ccccc1)S(=O)(=O)c1ccccc1. The van der Waals surface area contributed by atoms with E-state index >= 15 is 0 Å². The molecule has 0 spiro atoms. The Hall–Kier alpha value is -2.22. The molecule has 0 fully saturated rings. The monoisotopic (exact) mass is 350 g/mol. The van der Waals surface area contributed by atoms with Gasteiger partial charge in [-0.3, -0.25) is 4.79 Å². The third-order valence-corrected chi connectivity index (χ3v) is 5.32. The minimum Gasteiger partial charge on any atom is -0.443 e. The topological polar surface area (TPSA) is 101 Å². The summed E-state index contributed by atoms with van der Waals surface area (Å²) in [6, 6.07) is 15.4. The van der Waals surface area contributed by atoms with Crippen molar-refractivity contribution in [3.63, 3.8) is 0 Å². The van der Waals surface area contributed by atoms with Gasteiger partial charge >= 0.3 is 5.97 Å². The molecule has 7 heteroatoms. The zero-order chi connectivity index (χ0) is 17.7. The van der Waals surface area contributed by atoms with Gasteiger partial charge in [0.15, 0.2) is 0 Å². The van der Waals surface area contributed by atoms with Gasteiger partial charge in [-0.2, -0.15) is 0 Å². The lowest BCUT2D eigenvalue weighted by atomic mass is 10.1. The molecule has 0 aromatic heterocycles. The molecule has 0 amide bonds. The van der Waals surface area contributed by atoms with E-state index in [-0.39, 0.29) is 4.90 Å². The molecule has 2 aromatic rings. The fraction of sp³-hybridized carbons (Fsp3) is 0.235. The van der Waals surface area contributed by atoms with E-state index in [9.17, 15) is 23.4 Å². The van der Waals surface area contributed by atoms with Crippen molar-refractivity contribution in [2.45, 2.75) is 29.5 Å². The van der Waals surface area contributed by atoms with Crippen LogP contribution in [0.25, 0.3) is 0 Å². The summed E-state index contributed by atoms with van der Waals surface area (Å²) in [5, 5.41) is 20.6. The van der Waals surface area contributed by atoms with Crippen molar-refractivity contribution < 1.29 is 28.2 Å². The number of benzene rings is 2. The first-order chi connectivity index (χ1) is 11.3. The van der Waals surface area contributed by atoms with Crippen LogP contribution in [0.5, 0.6) is 0 Å². The Balaban J connectivity index is 2.40. The maximum absolute atomic E-state index is 12.7. The maximum atomic E-state index is 12.7. The predicted octanol–water partition coefficient (Wildman–Crippen LogP) is 1.44. The van der Waals surface area contributed by atoms with Crippen LogP contribution in [0.2, 0.25) is 0 Å². The van der Waals surface area contributed by atoms with Gasteiger partial charge in [-0.15, -0.1) is 0 Å². The molecule has 0 aliphatic rings. The molecule has 0 aliphatic carbocycles. The molecule has 0 radical (unpaired) electrons. The number of hydrogen-bond donors (Lipinski definition) is 2. The molecule has 3 atom stereocenters. The van der Waals surface area contributed by atoms with Crippen molar-refractivity contribution >= 4 is 15.8 Å². The number of carbonyl (C=O) groups excluding carboxylic acids is 1. The molecule has 0 aliphatic heterocycles. The van der Waals surface area contributed by atoms with Crippen molar-refractivity contribution in [2.24, 2.45) is 0 Å². The van der Waals surface area contributed by atoms with Crippen LogP contribution in [0.3, 0.4) is 0 Å². The molecule has 2 N–H and O–H groups in total. The van der Waals surface area contributed by atoms with E-state index in [2.05, 4.69) is 0 Å². The van der Waals surface area contributed by atoms with Crippen LogP contribution < -0.4 is 0 Å². The number of hydrogen-bond acceptors (Lipinski definition) is 6. The molecule has 128 valence electrons. The molecule has 0 heterocycles. The minimum atomic E-state index is -4.20. The summed E-state index contributed by atoms with van der Waals surface area (Å²) in [4.78, 5) is 11.2. The zero-order valence-corrected chi connectivity index (χ0v) is 13.8. The van der Waals surface area contributed by atoms with Crippen LogP contribution in [-0.4, -0.2) is 36.1 Å². The van der Waals surface area contributed by atoms with E-state index in [1.165, 1.54) is 36.4 Å². The van der Waals surface area contributed by atoms with Crippen molar-refractivity contribution in [1.82, 2.24) is 0 Å². The van der Waals surface area contributed by atoms with Gasteiger partial charge in [-0.25, -0.2) is 8.42 Å². The first kappa shape index (κ1) is 18.1. The lowest BCUT2D eigenvalue weighted by Gasteiger charge is -2.26. The van der Waals surface area contributed by atoms with Crippen molar-refractivity contribution in [3.05, 3.63) is 66.2 Å². The highest BCUT2D eigenvalue weighted by molar-refractivity contribution is 7.92. The highest BCUT2D eigenvalue weighted by Gasteiger charge is 2.40. The molecule has 24 heavy (non-hydrogen) atoms. The Morgan fingerprint density at radius 1 is 0.958 bits per heavy atom. The van der Waals surface area contributed by atoms with Gasteiger partial charge < -0.3 is 14.9 Å². The first-order valence-corrected chi connectivity index (χ1v) is 8.76. The smallest absolute Gasteiger partial charge is 0.304 e. The second kappa shape index (κ2) is 7.57. The standard InChI is InChI=1S/C17H18O6S/c1-12(18)23-17(24(21,22)14-10-6-3-7-11-14)16(20)15(19)13-8-4-2-5-9-13/h2-11,15-17,19-20H,1H3/t15-,16+,17-/m1/s1. The normalized spacial score (nSPS) is 15.3. The van der Waals surface area contributed by atoms with Gasteiger partial charge in [0.2, 0.25) is 15.3 Å². The molecule has 0 saturated carbocycles. The van der Waals surface area contributed by atoms with Crippen LogP contribution in [-0.2, 0) is 19.4 Å². The van der Waals surface area contributed by atoms with Crippen molar-refractivity contribution in [3.8, 4) is 0 Å². The third-order valence-electron chi connectivity index (χ3n) is 3.40. The van der Waals surface area contributed by atoms with Gasteiger partial charge in [0.05, 0.1) is 4.90 Å². The predicted molar refractivity (Wildman–Crippen MR) is 86.6 cm³/mol. The Labute approximate surface area is 140 Å². The average molecular weight is 350 g/mol. The summed E-state index contributed by atoms with van der Waals surface area (Å²) in [5.74, 6) is -0.876. The third kappa shape index (κ3) is 4.00. The van der Waals surface area contributed by atoms with Gasteiger partial charge in [0.25, 0.3) is 0 Å². The number of sulfone groups is 1. The fourth-order valence-corrected chi connectivity index (χ4v) is 3.80. The molecule has 2 rings (SSSR count). The van der Waals surface area contributed by atoms with E-state index in [0.29, 0.717) is 5.56 Å². The second-order valence-corrected chi connectivity index (χ2v) is 7.21. The summed E-state index contributed by atoms with van der Waals surface area (Å²) in [6.07, 6.45) is -3.38. The number of carbonyl (C=O) groups is 1. The highest BCUT2D eigenvalue weighted by Crippen LogP contribution is 2.27. The van der Waals surface area contributed by atoms with Gasteiger partial charge in [-0.05, 0) is 17.7 Å². The lowest BCUT2D eigenvalue weighted by Crippen LogP contribution is -2.41. The van der Waals surface area contributed by atoms with E-state index in [0.717, 1.165) is 6.92 Å². The van der Waals surface area contributed by atoms with Gasteiger partial charge in [-0.1, -0.05) is 48.5 Å². The summed E-state index contributed by atoms with van der Waals surface area (Å²) in [5.41, 5.74) is -1.61. The van der Waals surface area contributed by atoms with Crippen LogP contribution in [0.15, 0.2) is 65.6 Å². The molecule has 0 unspecified atom stereocenters. The largest absolute Gasteiger partial charge is 0.443 e. The van der Waals surface area contributed by atoms with Crippen LogP contribution in [0.1, 0.15) is 18.6 Å². The molecular weight excluding hydrogens is 332 g/mol. The maximum Gasteiger partial charge on any atom is 0.304 e. The number of aliphatic hydroxyl groups excluding tert-OH is 2. The van der Waals surface area contributed by atoms with Crippen LogP contribution in [0, 0.1) is 0 Å². The number of esters is 1. The second-order valence-electron chi connectivity index (χ2n) is 5.18. The summed E-state index contributed by atoms with van der Waals surface area (Å²) in [6.45, 7) is 1.04. The Morgan fingerprint density at radius 2 is 1.46 bits per heavy atom. The quantitative estimate of drug-likeness (QED) is 0.765. The zero-order valence-electron chi connectivity index (χ0n) is 12.9. The van der Waals surface area contributed by atoms with Crippen LogP contribution >= 0.6 is 0 Å². The van der Waals surface area contributed by atoms with E-state index in [4.69, 9.17) is 4.74 Å². The van der Waals surface area contributed by atoms with Gasteiger partial charge in [0.1, 0.15) is 12.2 Å². The minimum absolute atomic E-state index is 0.115. The van der Waals surface area contributed by atoms with E-state index < -0.39 is 33.5 Å². The molecule has 0 bridgehead atoms. The Bertz CT molecular complexity index is 773. The fourth-order valence-electron chi connectivity index (χ4n) is 2.22. The molecule has 2 aromatic carbocycles. The molecule has 6 nitrogen and oxygen atoms in total. The number of aliphatic hydroxyl groups is 2. The van der Waals surface area contributed by atoms with E-state index in [1.54, 1.807) is 24.3 Å². The van der Waals surface area contributed by atoms with Crippen molar-refractivity contribution in [1.29, 1.82) is 0 Å². The highest BCUT2D eigenvalue weighted by atomic mass is 32.2. The number of ether oxygens (including phenoxy) is 1. The van der Waals surface area contributed by atoms with E-state index in [1.807, 2.05) is 0 Å². The summed E-state index contributed by atoms with van der Waals surface area (Å²) >= 11 is 0. The summed E-state index contributed by atoms with van der Waals surface area (Å²) < 4.78 is 30.2. The van der Waals surface area contributed by atoms with Gasteiger partial charge in [0, 0.05) is 6.92 Å². The summed E-state index contributed by atoms with van der Waals surface area (Å²) in [7, 11) is -4.20. The number of rotatable bonds is 6. The Kier molecular flexibility index (Phi) is 5.71. The average Bonchev–Trinajstić information content (AvgIpc) is 2.59. The molecular formula is C17H18O6S. The van der Waals surface area contributed by atoms with Crippen LogP contribution in [0.4, 0.5) is 0 Å². The Morgan fingerprint density at radius 3 is 1.96 bits per heavy atom. The molecule has 0 saturated heterocycles. The first-order valence-electron chi connectivity index (χ1n) is 7.21.